The van der Waals surface area contributed by atoms with Gasteiger partial charge in [0.2, 0.25) is 0 Å². The van der Waals surface area contributed by atoms with Gasteiger partial charge in [-0.15, -0.1) is 0 Å². The van der Waals surface area contributed by atoms with Crippen molar-refractivity contribution in [2.24, 2.45) is 0 Å². The molecule has 0 radical (unpaired) electrons. The van der Waals surface area contributed by atoms with Gasteiger partial charge in [-0.2, -0.15) is 18.2 Å². The first kappa shape index (κ1) is 19.0. The summed E-state index contributed by atoms with van der Waals surface area (Å²) in [5.74, 6) is 0.392. The first-order valence-corrected chi connectivity index (χ1v) is 8.50. The van der Waals surface area contributed by atoms with Crippen molar-refractivity contribution in [2.75, 3.05) is 6.61 Å². The lowest BCUT2D eigenvalue weighted by Crippen LogP contribution is -2.19. The van der Waals surface area contributed by atoms with E-state index in [-0.39, 0.29) is 28.0 Å². The summed E-state index contributed by atoms with van der Waals surface area (Å²) in [5, 5.41) is 6.45. The second-order valence-electron chi connectivity index (χ2n) is 6.02. The first-order valence-electron chi connectivity index (χ1n) is 8.12. The average Bonchev–Trinajstić information content (AvgIpc) is 3.26. The molecular formula is C17H11ClF3N5O3. The Kier molecular flexibility index (Phi) is 4.53. The molecule has 4 aromatic rings. The van der Waals surface area contributed by atoms with Crippen LogP contribution in [-0.4, -0.2) is 37.5 Å². The van der Waals surface area contributed by atoms with E-state index in [2.05, 4.69) is 20.2 Å². The molecule has 0 atom stereocenters. The Bertz CT molecular complexity index is 1260. The molecule has 3 aromatic heterocycles. The van der Waals surface area contributed by atoms with Crippen LogP contribution in [0.4, 0.5) is 13.2 Å². The number of fused-ring (bicyclic) bond motifs is 1. The summed E-state index contributed by atoms with van der Waals surface area (Å²) in [4.78, 5) is 21.0. The van der Waals surface area contributed by atoms with Crippen LogP contribution < -0.4 is 10.3 Å². The molecule has 0 fully saturated rings. The monoisotopic (exact) mass is 425 g/mol. The number of hydrogen-bond acceptors (Lipinski definition) is 6. The van der Waals surface area contributed by atoms with Gasteiger partial charge in [-0.1, -0.05) is 22.8 Å². The molecule has 0 spiro atoms. The number of hydrogen-bond donors (Lipinski definition) is 1. The summed E-state index contributed by atoms with van der Waals surface area (Å²) < 4.78 is 48.4. The van der Waals surface area contributed by atoms with E-state index < -0.39 is 18.3 Å². The summed E-state index contributed by atoms with van der Waals surface area (Å²) in [6.07, 6.45) is -3.03. The van der Waals surface area contributed by atoms with Gasteiger partial charge in [0, 0.05) is 17.8 Å². The zero-order valence-electron chi connectivity index (χ0n) is 14.6. The zero-order chi connectivity index (χ0) is 20.8. The number of nitrogens with one attached hydrogen (secondary N) is 1. The largest absolute Gasteiger partial charge is 0.483 e. The standard InChI is InChI=1S/C17H11ClF3N5O3/c1-8-23-16(29-25-8)10-6-22-26-14(27)5-12(24-15(10)26)9-2-3-11(18)13(4-9)28-7-17(19,20)21/h2-6,22H,7H2,1H3. The molecule has 29 heavy (non-hydrogen) atoms. The Morgan fingerprint density at radius 1 is 1.28 bits per heavy atom. The lowest BCUT2D eigenvalue weighted by atomic mass is 10.1. The lowest BCUT2D eigenvalue weighted by molar-refractivity contribution is -0.153. The van der Waals surface area contributed by atoms with Crippen LogP contribution in [0.25, 0.3) is 28.4 Å². The minimum atomic E-state index is -4.52. The van der Waals surface area contributed by atoms with Gasteiger partial charge in [0.15, 0.2) is 18.1 Å². The van der Waals surface area contributed by atoms with Gasteiger partial charge in [0.1, 0.15) is 11.3 Å². The summed E-state index contributed by atoms with van der Waals surface area (Å²) in [6, 6.07) is 5.40. The van der Waals surface area contributed by atoms with Crippen molar-refractivity contribution in [3.05, 3.63) is 51.7 Å². The Morgan fingerprint density at radius 3 is 2.76 bits per heavy atom. The van der Waals surface area contributed by atoms with E-state index >= 15 is 0 Å². The van der Waals surface area contributed by atoms with Crippen molar-refractivity contribution >= 4 is 17.2 Å². The second kappa shape index (κ2) is 6.92. The highest BCUT2D eigenvalue weighted by atomic mass is 35.5. The van der Waals surface area contributed by atoms with Crippen molar-refractivity contribution in [1.82, 2.24) is 24.7 Å². The molecule has 8 nitrogen and oxygen atoms in total. The van der Waals surface area contributed by atoms with Crippen LogP contribution in [0.1, 0.15) is 5.82 Å². The summed E-state index contributed by atoms with van der Waals surface area (Å²) in [5.41, 5.74) is 0.719. The van der Waals surface area contributed by atoms with Gasteiger partial charge in [0.25, 0.3) is 11.4 Å². The molecule has 1 aromatic carbocycles. The minimum absolute atomic E-state index is 0.000492. The second-order valence-corrected chi connectivity index (χ2v) is 6.43. The molecule has 0 aliphatic carbocycles. The number of aromatic amines is 1. The Balaban J connectivity index is 1.79. The van der Waals surface area contributed by atoms with Crippen molar-refractivity contribution in [3.63, 3.8) is 0 Å². The van der Waals surface area contributed by atoms with Gasteiger partial charge in [-0.3, -0.25) is 9.89 Å². The fourth-order valence-electron chi connectivity index (χ4n) is 2.63. The smallest absolute Gasteiger partial charge is 0.422 e. The molecule has 0 bridgehead atoms. The summed E-state index contributed by atoms with van der Waals surface area (Å²) in [6.45, 7) is 0.146. The Labute approximate surface area is 164 Å². The van der Waals surface area contributed by atoms with Crippen LogP contribution in [0, 0.1) is 6.92 Å². The van der Waals surface area contributed by atoms with Gasteiger partial charge in [-0.05, 0) is 19.1 Å². The number of ether oxygens (including phenoxy) is 1. The van der Waals surface area contributed by atoms with Gasteiger partial charge in [-0.25, -0.2) is 9.50 Å². The molecule has 12 heteroatoms. The lowest BCUT2D eigenvalue weighted by Gasteiger charge is -2.11. The molecule has 0 aliphatic rings. The number of alkyl halides is 3. The molecule has 0 amide bonds. The molecule has 4 rings (SSSR count). The maximum atomic E-state index is 12.5. The number of aromatic nitrogens is 5. The van der Waals surface area contributed by atoms with Gasteiger partial charge >= 0.3 is 6.18 Å². The Morgan fingerprint density at radius 2 is 2.07 bits per heavy atom. The van der Waals surface area contributed by atoms with Crippen LogP contribution in [-0.2, 0) is 0 Å². The van der Waals surface area contributed by atoms with Crippen LogP contribution in [0.3, 0.4) is 0 Å². The van der Waals surface area contributed by atoms with Crippen molar-refractivity contribution < 1.29 is 22.4 Å². The maximum Gasteiger partial charge on any atom is 0.422 e. The van der Waals surface area contributed by atoms with Gasteiger partial charge < -0.3 is 9.26 Å². The predicted molar refractivity (Wildman–Crippen MR) is 95.8 cm³/mol. The van der Waals surface area contributed by atoms with Crippen molar-refractivity contribution in [2.45, 2.75) is 13.1 Å². The predicted octanol–water partition coefficient (Wildman–Crippen LogP) is 3.64. The first-order chi connectivity index (χ1) is 13.7. The third-order valence-corrected chi connectivity index (χ3v) is 4.19. The third kappa shape index (κ3) is 3.81. The number of benzene rings is 1. The number of halogens is 4. The number of aryl methyl sites for hydroxylation is 1. The molecule has 0 unspecified atom stereocenters. The van der Waals surface area contributed by atoms with E-state index in [1.807, 2.05) is 0 Å². The number of H-pyrrole nitrogens is 1. The molecular weight excluding hydrogens is 415 g/mol. The van der Waals surface area contributed by atoms with E-state index in [0.29, 0.717) is 17.0 Å². The van der Waals surface area contributed by atoms with E-state index in [9.17, 15) is 18.0 Å². The molecule has 1 N–H and O–H groups in total. The third-order valence-electron chi connectivity index (χ3n) is 3.87. The Hall–Kier alpha value is -3.34. The minimum Gasteiger partial charge on any atom is -0.483 e. The van der Waals surface area contributed by atoms with Crippen molar-refractivity contribution in [3.8, 4) is 28.5 Å². The van der Waals surface area contributed by atoms with Crippen LogP contribution in [0.15, 0.2) is 39.8 Å². The van der Waals surface area contributed by atoms with Crippen LogP contribution in [0.2, 0.25) is 5.02 Å². The fraction of sp³-hybridized carbons (Fsp3) is 0.176. The van der Waals surface area contributed by atoms with E-state index in [0.717, 1.165) is 0 Å². The topological polar surface area (TPSA) is 98.3 Å². The molecule has 0 saturated carbocycles. The SMILES string of the molecule is Cc1noc(-c2c[nH]n3c(=O)cc(-c4ccc(Cl)c(OCC(F)(F)F)c4)nc23)n1. The molecule has 150 valence electrons. The van der Waals surface area contributed by atoms with E-state index in [1.165, 1.54) is 35.0 Å². The normalized spacial score (nSPS) is 11.9. The number of nitrogens with zero attached hydrogens (tertiary/aromatic N) is 4. The maximum absolute atomic E-state index is 12.5. The summed E-state index contributed by atoms with van der Waals surface area (Å²) >= 11 is 5.92. The number of rotatable bonds is 4. The van der Waals surface area contributed by atoms with E-state index in [4.69, 9.17) is 20.9 Å². The fourth-order valence-corrected chi connectivity index (χ4v) is 2.80. The van der Waals surface area contributed by atoms with Crippen molar-refractivity contribution in [1.29, 1.82) is 0 Å². The molecule has 0 saturated heterocycles. The van der Waals surface area contributed by atoms with Gasteiger partial charge in [0.05, 0.1) is 10.7 Å². The average molecular weight is 426 g/mol. The molecule has 0 aliphatic heterocycles. The zero-order valence-corrected chi connectivity index (χ0v) is 15.4. The highest BCUT2D eigenvalue weighted by Gasteiger charge is 2.29. The molecule has 3 heterocycles. The van der Waals surface area contributed by atoms with E-state index in [1.54, 1.807) is 6.92 Å². The highest BCUT2D eigenvalue weighted by Crippen LogP contribution is 2.31. The summed E-state index contributed by atoms with van der Waals surface area (Å²) in [7, 11) is 0. The quantitative estimate of drug-likeness (QED) is 0.536. The van der Waals surface area contributed by atoms with Crippen LogP contribution >= 0.6 is 11.6 Å². The van der Waals surface area contributed by atoms with Crippen LogP contribution in [0.5, 0.6) is 5.75 Å². The highest BCUT2D eigenvalue weighted by molar-refractivity contribution is 6.32.